The van der Waals surface area contributed by atoms with E-state index in [2.05, 4.69) is 6.92 Å². The van der Waals surface area contributed by atoms with Crippen molar-refractivity contribution in [1.29, 1.82) is 0 Å². The molecule has 0 amide bonds. The second-order valence-electron chi connectivity index (χ2n) is 3.22. The van der Waals surface area contributed by atoms with E-state index in [0.29, 0.717) is 0 Å². The molecule has 0 rings (SSSR count). The number of hydrogen-bond donors (Lipinski definition) is 0. The van der Waals surface area contributed by atoms with E-state index in [4.69, 9.17) is 0 Å². The molecule has 11 heavy (non-hydrogen) atoms. The van der Waals surface area contributed by atoms with E-state index in [9.17, 15) is 0 Å². The number of rotatable bonds is 8. The average molecular weight is 260 g/mol. The Kier molecular flexibility index (Phi) is 11.6. The van der Waals surface area contributed by atoms with Crippen molar-refractivity contribution < 1.29 is 0 Å². The molecule has 0 aliphatic rings. The number of unbranched alkanes of at least 4 members (excludes halogenated alkanes) is 7. The molecule has 0 spiro atoms. The van der Waals surface area contributed by atoms with Gasteiger partial charge in [0, 0.05) is 0 Å². The van der Waals surface area contributed by atoms with Crippen LogP contribution >= 0.6 is 0 Å². The van der Waals surface area contributed by atoms with Crippen molar-refractivity contribution in [3.05, 3.63) is 0 Å². The second-order valence-corrected chi connectivity index (χ2v) is 4.65. The van der Waals surface area contributed by atoms with Crippen LogP contribution in [0.3, 0.4) is 0 Å². The standard InChI is InChI=1S/C10H21.Sn/c1-3-5-7-9-10-8-6-4-2;/h1,3-10H2,2H3;/q;+1. The van der Waals surface area contributed by atoms with Gasteiger partial charge in [-0.3, -0.25) is 0 Å². The minimum atomic E-state index is 1.37. The second kappa shape index (κ2) is 10.8. The fourth-order valence-electron chi connectivity index (χ4n) is 1.26. The van der Waals surface area contributed by atoms with Crippen molar-refractivity contribution in [2.24, 2.45) is 0 Å². The molecule has 0 fully saturated rings. The topological polar surface area (TPSA) is 0 Å². The van der Waals surface area contributed by atoms with E-state index < -0.39 is 0 Å². The predicted octanol–water partition coefficient (Wildman–Crippen LogP) is 3.71. The Morgan fingerprint density at radius 3 is 1.64 bits per heavy atom. The van der Waals surface area contributed by atoms with Crippen LogP contribution in [0.5, 0.6) is 0 Å². The van der Waals surface area contributed by atoms with Crippen LogP contribution < -0.4 is 0 Å². The van der Waals surface area contributed by atoms with Gasteiger partial charge in [0.1, 0.15) is 0 Å². The average Bonchev–Trinajstić information content (AvgIpc) is 2.03. The maximum absolute atomic E-state index is 2.28. The van der Waals surface area contributed by atoms with Gasteiger partial charge in [-0.25, -0.2) is 0 Å². The minimum absolute atomic E-state index is 1.37. The van der Waals surface area contributed by atoms with Crippen LogP contribution in [-0.2, 0) is 0 Å². The van der Waals surface area contributed by atoms with Crippen molar-refractivity contribution >= 4 is 22.5 Å². The molecule has 0 N–H and O–H groups in total. The Morgan fingerprint density at radius 1 is 0.727 bits per heavy atom. The molecule has 1 heteroatoms. The molecule has 0 aromatic rings. The summed E-state index contributed by atoms with van der Waals surface area (Å²) in [7, 11) is 0. The predicted molar refractivity (Wildman–Crippen MR) is 53.2 cm³/mol. The van der Waals surface area contributed by atoms with Gasteiger partial charge in [0.05, 0.1) is 0 Å². The molecule has 0 unspecified atom stereocenters. The summed E-state index contributed by atoms with van der Waals surface area (Å²) in [6, 6.07) is 0. The molecular weight excluding hydrogens is 239 g/mol. The first-order valence-corrected chi connectivity index (χ1v) is 7.08. The monoisotopic (exact) mass is 261 g/mol. The quantitative estimate of drug-likeness (QED) is 0.461. The summed E-state index contributed by atoms with van der Waals surface area (Å²) < 4.78 is 1.46. The maximum atomic E-state index is 2.28. The van der Waals surface area contributed by atoms with E-state index in [1.807, 2.05) is 0 Å². The van der Waals surface area contributed by atoms with Crippen LogP contribution in [0.1, 0.15) is 58.3 Å². The molecule has 2 radical (unpaired) electrons. The van der Waals surface area contributed by atoms with E-state index in [1.54, 1.807) is 22.5 Å². The van der Waals surface area contributed by atoms with Gasteiger partial charge in [-0.2, -0.15) is 0 Å². The summed E-state index contributed by atoms with van der Waals surface area (Å²) in [4.78, 5) is 0. The third-order valence-corrected chi connectivity index (χ3v) is 3.04. The Bertz CT molecular complexity index is 53.9. The summed E-state index contributed by atoms with van der Waals surface area (Å²) in [5.74, 6) is 0. The van der Waals surface area contributed by atoms with Gasteiger partial charge >= 0.3 is 85.3 Å². The summed E-state index contributed by atoms with van der Waals surface area (Å²) in [6.07, 6.45) is 11.7. The molecule has 0 saturated carbocycles. The Hall–Kier alpha value is 0.799. The van der Waals surface area contributed by atoms with Gasteiger partial charge in [-0.15, -0.1) is 0 Å². The van der Waals surface area contributed by atoms with E-state index in [1.165, 1.54) is 55.8 Å². The van der Waals surface area contributed by atoms with Gasteiger partial charge < -0.3 is 0 Å². The van der Waals surface area contributed by atoms with Gasteiger partial charge in [0.25, 0.3) is 0 Å². The zero-order valence-corrected chi connectivity index (χ0v) is 10.7. The first kappa shape index (κ1) is 11.8. The van der Waals surface area contributed by atoms with Crippen LogP contribution in [0.4, 0.5) is 0 Å². The summed E-state index contributed by atoms with van der Waals surface area (Å²) >= 11 is 1.71. The van der Waals surface area contributed by atoms with E-state index in [0.717, 1.165) is 0 Å². The van der Waals surface area contributed by atoms with Gasteiger partial charge in [0.2, 0.25) is 0 Å². The Labute approximate surface area is 85.2 Å². The van der Waals surface area contributed by atoms with E-state index in [-0.39, 0.29) is 0 Å². The molecule has 0 atom stereocenters. The zero-order chi connectivity index (χ0) is 8.36. The summed E-state index contributed by atoms with van der Waals surface area (Å²) in [5.41, 5.74) is 0. The van der Waals surface area contributed by atoms with Gasteiger partial charge in [-0.1, -0.05) is 0 Å². The molecule has 0 aromatic heterocycles. The third kappa shape index (κ3) is 10.8. The molecule has 0 nitrogen and oxygen atoms in total. The molecule has 0 heterocycles. The van der Waals surface area contributed by atoms with Crippen molar-refractivity contribution in [3.63, 3.8) is 0 Å². The molecule has 0 aromatic carbocycles. The molecule has 0 saturated heterocycles. The molecule has 64 valence electrons. The SMILES string of the molecule is CCCCCCCCC[CH2][Sn+]. The first-order chi connectivity index (χ1) is 5.41. The van der Waals surface area contributed by atoms with Crippen LogP contribution in [0.25, 0.3) is 0 Å². The van der Waals surface area contributed by atoms with Gasteiger partial charge in [0.15, 0.2) is 0 Å². The Balaban J connectivity index is 2.69. The fourth-order valence-corrected chi connectivity index (χ4v) is 1.97. The molecular formula is C10H21Sn+. The molecule has 0 bridgehead atoms. The zero-order valence-electron chi connectivity index (χ0n) is 7.86. The normalized spacial score (nSPS) is 10.3. The number of hydrogen-bond acceptors (Lipinski definition) is 0. The van der Waals surface area contributed by atoms with E-state index >= 15 is 0 Å². The summed E-state index contributed by atoms with van der Waals surface area (Å²) in [5, 5.41) is 0. The Morgan fingerprint density at radius 2 is 1.18 bits per heavy atom. The van der Waals surface area contributed by atoms with Crippen LogP contribution in [0, 0.1) is 0 Å². The first-order valence-electron chi connectivity index (χ1n) is 5.06. The van der Waals surface area contributed by atoms with Crippen LogP contribution in [0.15, 0.2) is 0 Å². The van der Waals surface area contributed by atoms with Crippen LogP contribution in [-0.4, -0.2) is 22.5 Å². The third-order valence-electron chi connectivity index (χ3n) is 2.03. The van der Waals surface area contributed by atoms with Crippen molar-refractivity contribution in [3.8, 4) is 0 Å². The summed E-state index contributed by atoms with van der Waals surface area (Å²) in [6.45, 7) is 2.28. The fraction of sp³-hybridized carbons (Fsp3) is 1.00. The molecule has 0 aliphatic heterocycles. The van der Waals surface area contributed by atoms with Crippen molar-refractivity contribution in [1.82, 2.24) is 0 Å². The van der Waals surface area contributed by atoms with Crippen LogP contribution in [0.2, 0.25) is 4.44 Å². The van der Waals surface area contributed by atoms with Gasteiger partial charge in [-0.05, 0) is 0 Å². The van der Waals surface area contributed by atoms with Crippen molar-refractivity contribution in [2.45, 2.75) is 62.7 Å². The van der Waals surface area contributed by atoms with Crippen molar-refractivity contribution in [2.75, 3.05) is 0 Å². The molecule has 0 aliphatic carbocycles.